The molecule has 1 aliphatic heterocycles. The second-order valence-corrected chi connectivity index (χ2v) is 11.0. The Morgan fingerprint density at radius 1 is 1.13 bits per heavy atom. The van der Waals surface area contributed by atoms with Gasteiger partial charge in [-0.05, 0) is 76.4 Å². The fraction of sp³-hybridized carbons (Fsp3) is 0.458. The van der Waals surface area contributed by atoms with Crippen LogP contribution in [0.25, 0.3) is 0 Å². The van der Waals surface area contributed by atoms with Crippen LogP contribution in [0.1, 0.15) is 55.5 Å². The van der Waals surface area contributed by atoms with E-state index in [9.17, 15) is 13.2 Å². The van der Waals surface area contributed by atoms with Crippen molar-refractivity contribution < 1.29 is 17.9 Å². The van der Waals surface area contributed by atoms with Crippen molar-refractivity contribution in [1.82, 2.24) is 5.32 Å². The first-order valence-corrected chi connectivity index (χ1v) is 12.3. The summed E-state index contributed by atoms with van der Waals surface area (Å²) in [5.74, 6) is 0.404. The van der Waals surface area contributed by atoms with Gasteiger partial charge in [0.25, 0.3) is 0 Å². The highest BCUT2D eigenvalue weighted by atomic mass is 32.2. The molecule has 0 aliphatic carbocycles. The molecule has 3 rings (SSSR count). The van der Waals surface area contributed by atoms with E-state index < -0.39 is 21.7 Å². The summed E-state index contributed by atoms with van der Waals surface area (Å²) >= 11 is 0. The molecule has 2 atom stereocenters. The maximum Gasteiger partial charge on any atom is 0.244 e. The molecule has 31 heavy (non-hydrogen) atoms. The normalized spacial score (nSPS) is 18.5. The SMILES string of the molecule is Cc1ccc2c(c1)OC(C)(C)CC2NC(=O)C(C)N(c1ccc(C)c(C)c1)S(C)(=O)=O. The number of rotatable bonds is 5. The minimum absolute atomic E-state index is 0.268. The van der Waals surface area contributed by atoms with Crippen LogP contribution in [0.5, 0.6) is 5.75 Å². The molecule has 7 heteroatoms. The lowest BCUT2D eigenvalue weighted by atomic mass is 9.89. The third-order valence-electron chi connectivity index (χ3n) is 5.78. The Kier molecular flexibility index (Phi) is 6.11. The average molecular weight is 445 g/mol. The van der Waals surface area contributed by atoms with Gasteiger partial charge in [-0.15, -0.1) is 0 Å². The molecule has 1 heterocycles. The van der Waals surface area contributed by atoms with Gasteiger partial charge in [-0.1, -0.05) is 18.2 Å². The van der Waals surface area contributed by atoms with Crippen LogP contribution in [0, 0.1) is 20.8 Å². The number of sulfonamides is 1. The lowest BCUT2D eigenvalue weighted by molar-refractivity contribution is -0.123. The third kappa shape index (κ3) is 5.03. The monoisotopic (exact) mass is 444 g/mol. The Morgan fingerprint density at radius 2 is 1.81 bits per heavy atom. The van der Waals surface area contributed by atoms with Crippen molar-refractivity contribution in [3.63, 3.8) is 0 Å². The fourth-order valence-corrected chi connectivity index (χ4v) is 5.22. The third-order valence-corrected chi connectivity index (χ3v) is 7.02. The lowest BCUT2D eigenvalue weighted by Gasteiger charge is -2.39. The second kappa shape index (κ2) is 8.19. The molecule has 0 saturated carbocycles. The zero-order valence-electron chi connectivity index (χ0n) is 19.3. The van der Waals surface area contributed by atoms with Crippen molar-refractivity contribution in [3.8, 4) is 5.75 Å². The van der Waals surface area contributed by atoms with Crippen LogP contribution >= 0.6 is 0 Å². The Labute approximate surface area is 185 Å². The van der Waals surface area contributed by atoms with Crippen LogP contribution in [-0.4, -0.2) is 32.2 Å². The molecule has 0 radical (unpaired) electrons. The summed E-state index contributed by atoms with van der Waals surface area (Å²) in [5.41, 5.74) is 4.04. The summed E-state index contributed by atoms with van der Waals surface area (Å²) in [6.07, 6.45) is 1.71. The molecule has 2 aromatic rings. The predicted molar refractivity (Wildman–Crippen MR) is 124 cm³/mol. The van der Waals surface area contributed by atoms with Gasteiger partial charge in [0.2, 0.25) is 15.9 Å². The summed E-state index contributed by atoms with van der Waals surface area (Å²) in [6, 6.07) is 10.2. The van der Waals surface area contributed by atoms with E-state index in [4.69, 9.17) is 4.74 Å². The summed E-state index contributed by atoms with van der Waals surface area (Å²) in [7, 11) is -3.67. The lowest BCUT2D eigenvalue weighted by Crippen LogP contribution is -2.50. The Bertz CT molecular complexity index is 1110. The first-order chi connectivity index (χ1) is 14.3. The summed E-state index contributed by atoms with van der Waals surface area (Å²) in [4.78, 5) is 13.3. The molecule has 0 spiro atoms. The van der Waals surface area contributed by atoms with E-state index in [1.807, 2.05) is 58.9 Å². The minimum atomic E-state index is -3.67. The molecule has 1 aliphatic rings. The van der Waals surface area contributed by atoms with Crippen LogP contribution in [-0.2, 0) is 14.8 Å². The van der Waals surface area contributed by atoms with E-state index in [-0.39, 0.29) is 11.9 Å². The second-order valence-electron chi connectivity index (χ2n) is 9.17. The smallest absolute Gasteiger partial charge is 0.244 e. The molecular weight excluding hydrogens is 412 g/mol. The molecule has 0 bridgehead atoms. The number of nitrogens with one attached hydrogen (secondary N) is 1. The first kappa shape index (κ1) is 23.1. The van der Waals surface area contributed by atoms with Crippen LogP contribution < -0.4 is 14.4 Å². The van der Waals surface area contributed by atoms with Gasteiger partial charge in [0.1, 0.15) is 17.4 Å². The first-order valence-electron chi connectivity index (χ1n) is 10.4. The van der Waals surface area contributed by atoms with E-state index >= 15 is 0 Å². The van der Waals surface area contributed by atoms with E-state index in [0.717, 1.165) is 34.3 Å². The summed E-state index contributed by atoms with van der Waals surface area (Å²) < 4.78 is 32.6. The summed E-state index contributed by atoms with van der Waals surface area (Å²) in [5, 5.41) is 3.07. The fourth-order valence-electron chi connectivity index (χ4n) is 4.05. The van der Waals surface area contributed by atoms with Crippen molar-refractivity contribution in [1.29, 1.82) is 0 Å². The van der Waals surface area contributed by atoms with E-state index in [0.29, 0.717) is 12.1 Å². The van der Waals surface area contributed by atoms with Crippen molar-refractivity contribution in [2.24, 2.45) is 0 Å². The van der Waals surface area contributed by atoms with Crippen LogP contribution in [0.15, 0.2) is 36.4 Å². The molecule has 1 amide bonds. The van der Waals surface area contributed by atoms with Crippen LogP contribution in [0.4, 0.5) is 5.69 Å². The van der Waals surface area contributed by atoms with Gasteiger partial charge in [0.15, 0.2) is 0 Å². The van der Waals surface area contributed by atoms with E-state index in [1.54, 1.807) is 19.1 Å². The number of amides is 1. The number of hydrogen-bond donors (Lipinski definition) is 1. The molecule has 1 N–H and O–H groups in total. The van der Waals surface area contributed by atoms with Gasteiger partial charge >= 0.3 is 0 Å². The number of benzene rings is 2. The predicted octanol–water partition coefficient (Wildman–Crippen LogP) is 4.18. The topological polar surface area (TPSA) is 75.7 Å². The van der Waals surface area contributed by atoms with E-state index in [1.165, 1.54) is 4.31 Å². The van der Waals surface area contributed by atoms with E-state index in [2.05, 4.69) is 5.32 Å². The van der Waals surface area contributed by atoms with Gasteiger partial charge < -0.3 is 10.1 Å². The quantitative estimate of drug-likeness (QED) is 0.750. The van der Waals surface area contributed by atoms with Crippen molar-refractivity contribution >= 4 is 21.6 Å². The molecule has 2 unspecified atom stereocenters. The number of carbonyl (C=O) groups is 1. The Morgan fingerprint density at radius 3 is 2.42 bits per heavy atom. The van der Waals surface area contributed by atoms with Crippen LogP contribution in [0.3, 0.4) is 0 Å². The summed E-state index contributed by atoms with van der Waals surface area (Å²) in [6.45, 7) is 11.5. The highest BCUT2D eigenvalue weighted by molar-refractivity contribution is 7.92. The molecule has 168 valence electrons. The average Bonchev–Trinajstić information content (AvgIpc) is 2.62. The molecule has 6 nitrogen and oxygen atoms in total. The van der Waals surface area contributed by atoms with Gasteiger partial charge in [0.05, 0.1) is 18.0 Å². The van der Waals surface area contributed by atoms with Crippen molar-refractivity contribution in [3.05, 3.63) is 58.7 Å². The molecule has 0 saturated heterocycles. The van der Waals surface area contributed by atoms with Gasteiger partial charge in [-0.3, -0.25) is 9.10 Å². The number of ether oxygens (including phenoxy) is 1. The standard InChI is InChI=1S/C24H32N2O4S/c1-15-8-11-20-21(14-24(5,6)30-22(20)12-15)25-23(27)18(4)26(31(7,28)29)19-10-9-16(2)17(3)13-19/h8-13,18,21H,14H2,1-7H3,(H,25,27). The number of anilines is 1. The number of fused-ring (bicyclic) bond motifs is 1. The van der Waals surface area contributed by atoms with Crippen molar-refractivity contribution in [2.75, 3.05) is 10.6 Å². The molecular formula is C24H32N2O4S. The maximum atomic E-state index is 13.3. The Hall–Kier alpha value is -2.54. The van der Waals surface area contributed by atoms with Crippen molar-refractivity contribution in [2.45, 2.75) is 65.6 Å². The number of nitrogens with zero attached hydrogens (tertiary/aromatic N) is 1. The highest BCUT2D eigenvalue weighted by Gasteiger charge is 2.37. The van der Waals surface area contributed by atoms with Gasteiger partial charge in [-0.25, -0.2) is 8.42 Å². The Balaban J connectivity index is 1.92. The number of carbonyl (C=O) groups excluding carboxylic acids is 1. The minimum Gasteiger partial charge on any atom is -0.487 e. The van der Waals surface area contributed by atoms with Crippen LogP contribution in [0.2, 0.25) is 0 Å². The number of hydrogen-bond acceptors (Lipinski definition) is 4. The van der Waals surface area contributed by atoms with Gasteiger partial charge in [-0.2, -0.15) is 0 Å². The zero-order chi connectivity index (χ0) is 23.1. The zero-order valence-corrected chi connectivity index (χ0v) is 20.1. The maximum absolute atomic E-state index is 13.3. The molecule has 0 aromatic heterocycles. The molecule has 0 fully saturated rings. The largest absolute Gasteiger partial charge is 0.487 e. The number of aryl methyl sites for hydroxylation is 3. The highest BCUT2D eigenvalue weighted by Crippen LogP contribution is 2.40. The molecule has 2 aromatic carbocycles. The van der Waals surface area contributed by atoms with Gasteiger partial charge in [0, 0.05) is 12.0 Å².